The molecule has 0 bridgehead atoms. The number of nitrogens with zero attached hydrogens (tertiary/aromatic N) is 1. The van der Waals surface area contributed by atoms with E-state index in [0.29, 0.717) is 15.0 Å². The topological polar surface area (TPSA) is 111 Å². The molecule has 2 aromatic carbocycles. The second-order valence-electron chi connectivity index (χ2n) is 6.88. The van der Waals surface area contributed by atoms with Crippen LogP contribution in [0.5, 0.6) is 5.75 Å². The maximum Gasteiger partial charge on any atom is 0.344 e. The van der Waals surface area contributed by atoms with Crippen molar-refractivity contribution >= 4 is 39.6 Å². The van der Waals surface area contributed by atoms with Gasteiger partial charge in [-0.2, -0.15) is 5.01 Å². The number of aromatic hydroxyl groups is 1. The van der Waals surface area contributed by atoms with E-state index in [1.165, 1.54) is 31.2 Å². The van der Waals surface area contributed by atoms with Crippen molar-refractivity contribution in [3.05, 3.63) is 58.1 Å². The summed E-state index contributed by atoms with van der Waals surface area (Å²) >= 11 is 3.09. The van der Waals surface area contributed by atoms with Crippen LogP contribution >= 0.6 is 15.9 Å². The molecule has 3 rings (SSSR count). The summed E-state index contributed by atoms with van der Waals surface area (Å²) < 4.78 is 27.8. The van der Waals surface area contributed by atoms with E-state index >= 15 is 0 Å². The minimum Gasteiger partial charge on any atom is -0.505 e. The number of rotatable bonds is 5. The van der Waals surface area contributed by atoms with Crippen molar-refractivity contribution in [2.24, 2.45) is 0 Å². The highest BCUT2D eigenvalue weighted by Crippen LogP contribution is 2.24. The number of carbonyl (C=O) groups excluding carboxylic acids is 3. The van der Waals surface area contributed by atoms with Crippen LogP contribution in [0.25, 0.3) is 0 Å². The summed E-state index contributed by atoms with van der Waals surface area (Å²) in [6, 6.07) is 5.96. The van der Waals surface area contributed by atoms with Gasteiger partial charge in [0.1, 0.15) is 11.4 Å². The van der Waals surface area contributed by atoms with E-state index in [1.54, 1.807) is 0 Å². The minimum atomic E-state index is -1.35. The van der Waals surface area contributed by atoms with Crippen molar-refractivity contribution in [2.75, 3.05) is 5.32 Å². The van der Waals surface area contributed by atoms with Gasteiger partial charge in [-0.25, -0.2) is 23.8 Å². The molecule has 1 atom stereocenters. The summed E-state index contributed by atoms with van der Waals surface area (Å²) in [6.07, 6.45) is 0.340. The third-order valence-corrected chi connectivity index (χ3v) is 5.07. The number of phenols is 1. The summed E-state index contributed by atoms with van der Waals surface area (Å²) in [4.78, 5) is 37.0. The van der Waals surface area contributed by atoms with Crippen molar-refractivity contribution in [2.45, 2.75) is 25.3 Å². The fraction of sp³-hybridized carbons (Fsp3) is 0.211. The van der Waals surface area contributed by atoms with E-state index in [0.717, 1.165) is 12.1 Å². The van der Waals surface area contributed by atoms with E-state index in [4.69, 9.17) is 0 Å². The molecule has 1 aliphatic rings. The van der Waals surface area contributed by atoms with Crippen molar-refractivity contribution in [1.29, 1.82) is 0 Å². The van der Waals surface area contributed by atoms with Crippen LogP contribution in [0.15, 0.2) is 40.9 Å². The maximum absolute atomic E-state index is 13.8. The molecule has 158 valence electrons. The van der Waals surface area contributed by atoms with E-state index in [-0.39, 0.29) is 18.5 Å². The molecule has 0 radical (unpaired) electrons. The third-order valence-electron chi connectivity index (χ3n) is 4.58. The van der Waals surface area contributed by atoms with Crippen molar-refractivity contribution < 1.29 is 28.3 Å². The molecule has 1 saturated heterocycles. The molecular weight excluding hydrogens is 466 g/mol. The number of hydrogen-bond acceptors (Lipinski definition) is 4. The molecule has 5 amide bonds. The van der Waals surface area contributed by atoms with Gasteiger partial charge in [0.2, 0.25) is 0 Å². The van der Waals surface area contributed by atoms with Gasteiger partial charge in [-0.15, -0.1) is 0 Å². The molecule has 1 aliphatic heterocycles. The molecule has 1 heterocycles. The van der Waals surface area contributed by atoms with Crippen molar-refractivity contribution in [3.63, 3.8) is 0 Å². The van der Waals surface area contributed by atoms with Gasteiger partial charge in [0, 0.05) is 4.47 Å². The first-order valence-corrected chi connectivity index (χ1v) is 9.55. The van der Waals surface area contributed by atoms with Crippen LogP contribution in [0.1, 0.15) is 18.9 Å². The van der Waals surface area contributed by atoms with Gasteiger partial charge in [0.15, 0.2) is 11.6 Å². The lowest BCUT2D eigenvalue weighted by molar-refractivity contribution is -0.132. The molecule has 0 spiro atoms. The summed E-state index contributed by atoms with van der Waals surface area (Å²) in [6.45, 7) is 1.47. The molecule has 1 unspecified atom stereocenters. The number of aryl methyl sites for hydroxylation is 1. The maximum atomic E-state index is 13.8. The zero-order valence-corrected chi connectivity index (χ0v) is 17.2. The van der Waals surface area contributed by atoms with Crippen molar-refractivity contribution in [3.8, 4) is 5.75 Å². The number of hydrazine groups is 1. The van der Waals surface area contributed by atoms with Crippen LogP contribution in [0.3, 0.4) is 0 Å². The molecule has 4 N–H and O–H groups in total. The Hall–Kier alpha value is -3.21. The fourth-order valence-electron chi connectivity index (χ4n) is 2.90. The fourth-order valence-corrected chi connectivity index (χ4v) is 3.23. The first-order valence-electron chi connectivity index (χ1n) is 8.76. The Kier molecular flexibility index (Phi) is 5.92. The molecule has 30 heavy (non-hydrogen) atoms. The lowest BCUT2D eigenvalue weighted by Crippen LogP contribution is -2.50. The van der Waals surface area contributed by atoms with Gasteiger partial charge < -0.3 is 15.7 Å². The van der Waals surface area contributed by atoms with E-state index in [2.05, 4.69) is 32.0 Å². The summed E-state index contributed by atoms with van der Waals surface area (Å²) in [5.74, 6) is -2.71. The Morgan fingerprint density at radius 2 is 1.93 bits per heavy atom. The Labute approximate surface area is 178 Å². The zero-order valence-electron chi connectivity index (χ0n) is 15.6. The number of phenolic OH excluding ortho intramolecular Hbond substituents is 1. The number of imide groups is 1. The highest BCUT2D eigenvalue weighted by atomic mass is 79.9. The number of anilines is 1. The van der Waals surface area contributed by atoms with E-state index in [1.807, 2.05) is 0 Å². The number of amides is 5. The molecular formula is C19H17BrF2N4O4. The smallest absolute Gasteiger partial charge is 0.344 e. The monoisotopic (exact) mass is 482 g/mol. The van der Waals surface area contributed by atoms with E-state index < -0.39 is 40.9 Å². The molecule has 0 saturated carbocycles. The summed E-state index contributed by atoms with van der Waals surface area (Å²) in [5, 5.41) is 14.4. The molecule has 1 fully saturated rings. The second-order valence-corrected chi connectivity index (χ2v) is 7.79. The Morgan fingerprint density at radius 1 is 1.20 bits per heavy atom. The first-order chi connectivity index (χ1) is 14.1. The number of carbonyl (C=O) groups is 3. The number of urea groups is 2. The Morgan fingerprint density at radius 3 is 2.60 bits per heavy atom. The highest BCUT2D eigenvalue weighted by molar-refractivity contribution is 9.10. The SMILES string of the molecule is CC1(CCc2ccc(O)c(F)c2)NC(=O)N(NC(=O)Nc2ccc(Br)cc2F)C1=O. The Balaban J connectivity index is 1.64. The summed E-state index contributed by atoms with van der Waals surface area (Å²) in [5.41, 5.74) is 1.12. The number of nitrogens with one attached hydrogen (secondary N) is 3. The number of halogens is 3. The van der Waals surface area contributed by atoms with Gasteiger partial charge in [-0.1, -0.05) is 22.0 Å². The largest absolute Gasteiger partial charge is 0.505 e. The van der Waals surface area contributed by atoms with Crippen LogP contribution in [-0.2, 0) is 11.2 Å². The molecule has 0 aliphatic carbocycles. The number of hydrogen-bond donors (Lipinski definition) is 4. The van der Waals surface area contributed by atoms with Gasteiger partial charge in [-0.3, -0.25) is 4.79 Å². The average Bonchev–Trinajstić information content (AvgIpc) is 2.88. The normalized spacial score (nSPS) is 18.3. The summed E-state index contributed by atoms with van der Waals surface area (Å²) in [7, 11) is 0. The predicted molar refractivity (Wildman–Crippen MR) is 106 cm³/mol. The van der Waals surface area contributed by atoms with Crippen LogP contribution in [0, 0.1) is 11.6 Å². The molecule has 11 heteroatoms. The highest BCUT2D eigenvalue weighted by Gasteiger charge is 2.48. The predicted octanol–water partition coefficient (Wildman–Crippen LogP) is 3.41. The van der Waals surface area contributed by atoms with Crippen LogP contribution < -0.4 is 16.1 Å². The Bertz CT molecular complexity index is 1040. The van der Waals surface area contributed by atoms with Crippen LogP contribution in [-0.4, -0.2) is 33.6 Å². The third kappa shape index (κ3) is 4.51. The lowest BCUT2D eigenvalue weighted by atomic mass is 9.93. The average molecular weight is 483 g/mol. The standard InChI is InChI=1S/C19H17BrF2N4O4/c1-19(7-6-10-2-5-15(27)13(22)8-10)16(28)26(18(30)24-19)25-17(29)23-14-4-3-11(20)9-12(14)21/h2-5,8-9,27H,6-7H2,1H3,(H,24,30)(H2,23,25,29). The quantitative estimate of drug-likeness (QED) is 0.489. The van der Waals surface area contributed by atoms with Gasteiger partial charge >= 0.3 is 12.1 Å². The molecule has 8 nitrogen and oxygen atoms in total. The van der Waals surface area contributed by atoms with Gasteiger partial charge in [0.25, 0.3) is 5.91 Å². The van der Waals surface area contributed by atoms with Crippen molar-refractivity contribution in [1.82, 2.24) is 15.8 Å². The zero-order chi connectivity index (χ0) is 22.1. The van der Waals surface area contributed by atoms with Crippen LogP contribution in [0.4, 0.5) is 24.1 Å². The van der Waals surface area contributed by atoms with Gasteiger partial charge in [-0.05, 0) is 55.7 Å². The second kappa shape index (κ2) is 8.27. The first kappa shape index (κ1) is 21.5. The number of benzene rings is 2. The van der Waals surface area contributed by atoms with Gasteiger partial charge in [0.05, 0.1) is 5.69 Å². The lowest BCUT2D eigenvalue weighted by Gasteiger charge is -2.21. The molecule has 0 aromatic heterocycles. The molecule has 2 aromatic rings. The minimum absolute atomic E-state index is 0.114. The van der Waals surface area contributed by atoms with E-state index in [9.17, 15) is 28.3 Å². The van der Waals surface area contributed by atoms with Crippen LogP contribution in [0.2, 0.25) is 0 Å².